The van der Waals surface area contributed by atoms with E-state index in [2.05, 4.69) is 16.9 Å². The maximum absolute atomic E-state index is 5.91. The molecular weight excluding hydrogens is 220 g/mol. The van der Waals surface area contributed by atoms with Crippen molar-refractivity contribution >= 4 is 11.6 Å². The zero-order valence-corrected chi connectivity index (χ0v) is 10.6. The highest BCUT2D eigenvalue weighted by Crippen LogP contribution is 2.37. The number of hydrogen-bond acceptors (Lipinski definition) is 2. The summed E-state index contributed by atoms with van der Waals surface area (Å²) >= 11 is 5.91. The lowest BCUT2D eigenvalue weighted by molar-refractivity contribution is 0.295. The second kappa shape index (κ2) is 5.62. The third kappa shape index (κ3) is 2.73. The van der Waals surface area contributed by atoms with E-state index in [9.17, 15) is 0 Å². The minimum atomic E-state index is 0.520. The molecule has 16 heavy (non-hydrogen) atoms. The monoisotopic (exact) mass is 238 g/mol. The van der Waals surface area contributed by atoms with Crippen LogP contribution < -0.4 is 0 Å². The molecule has 0 aliphatic heterocycles. The van der Waals surface area contributed by atoms with Crippen molar-refractivity contribution in [3.8, 4) is 0 Å². The molecule has 0 N–H and O–H groups in total. The van der Waals surface area contributed by atoms with Gasteiger partial charge in [-0.15, -0.1) is 0 Å². The summed E-state index contributed by atoms with van der Waals surface area (Å²) in [6, 6.07) is 0. The molecule has 1 unspecified atom stereocenters. The lowest BCUT2D eigenvalue weighted by Gasteiger charge is -2.29. The van der Waals surface area contributed by atoms with E-state index in [0.717, 1.165) is 18.0 Å². The normalized spacial score (nSPS) is 19.6. The fourth-order valence-electron chi connectivity index (χ4n) is 2.86. The van der Waals surface area contributed by atoms with Crippen molar-refractivity contribution in [3.63, 3.8) is 0 Å². The van der Waals surface area contributed by atoms with Crippen LogP contribution in [0, 0.1) is 5.92 Å². The standard InChI is InChI=1S/C13H19ClN2/c1-2-11(10-6-4-3-5-7-10)12-8-15-9-13(14)16-12/h8-11H,2-7H2,1H3. The Morgan fingerprint density at radius 1 is 1.31 bits per heavy atom. The lowest BCUT2D eigenvalue weighted by atomic mass is 9.77. The summed E-state index contributed by atoms with van der Waals surface area (Å²) in [5, 5.41) is 0.520. The Kier molecular flexibility index (Phi) is 4.16. The van der Waals surface area contributed by atoms with E-state index < -0.39 is 0 Å². The zero-order valence-electron chi connectivity index (χ0n) is 9.82. The van der Waals surface area contributed by atoms with Crippen LogP contribution in [0.3, 0.4) is 0 Å². The van der Waals surface area contributed by atoms with Crippen molar-refractivity contribution in [1.82, 2.24) is 9.97 Å². The number of hydrogen-bond donors (Lipinski definition) is 0. The summed E-state index contributed by atoms with van der Waals surface area (Å²) in [5.41, 5.74) is 1.09. The number of rotatable bonds is 3. The van der Waals surface area contributed by atoms with Gasteiger partial charge in [-0.25, -0.2) is 4.98 Å². The molecule has 0 spiro atoms. The maximum Gasteiger partial charge on any atom is 0.147 e. The largest absolute Gasteiger partial charge is 0.260 e. The zero-order chi connectivity index (χ0) is 11.4. The van der Waals surface area contributed by atoms with Crippen molar-refractivity contribution in [3.05, 3.63) is 23.2 Å². The molecule has 1 heterocycles. The Morgan fingerprint density at radius 3 is 2.69 bits per heavy atom. The molecule has 1 aromatic heterocycles. The van der Waals surface area contributed by atoms with E-state index in [0.29, 0.717) is 11.1 Å². The summed E-state index contributed by atoms with van der Waals surface area (Å²) in [4.78, 5) is 8.58. The molecule has 3 heteroatoms. The van der Waals surface area contributed by atoms with Gasteiger partial charge in [-0.05, 0) is 25.2 Å². The molecule has 1 atom stereocenters. The van der Waals surface area contributed by atoms with Crippen molar-refractivity contribution in [1.29, 1.82) is 0 Å². The Balaban J connectivity index is 2.14. The minimum absolute atomic E-state index is 0.520. The summed E-state index contributed by atoms with van der Waals surface area (Å²) in [5.74, 6) is 1.33. The molecule has 1 saturated carbocycles. The molecule has 1 aliphatic rings. The van der Waals surface area contributed by atoms with Crippen LogP contribution in [0.4, 0.5) is 0 Å². The Bertz CT molecular complexity index is 334. The molecule has 2 rings (SSSR count). The topological polar surface area (TPSA) is 25.8 Å². The summed E-state index contributed by atoms with van der Waals surface area (Å²) in [6.07, 6.45) is 11.4. The van der Waals surface area contributed by atoms with Gasteiger partial charge in [-0.2, -0.15) is 0 Å². The molecule has 0 saturated heterocycles. The van der Waals surface area contributed by atoms with E-state index >= 15 is 0 Å². The highest BCUT2D eigenvalue weighted by molar-refractivity contribution is 6.29. The number of aromatic nitrogens is 2. The predicted molar refractivity (Wildman–Crippen MR) is 66.6 cm³/mol. The molecule has 1 aliphatic carbocycles. The second-order valence-electron chi connectivity index (χ2n) is 4.68. The minimum Gasteiger partial charge on any atom is -0.260 e. The van der Waals surface area contributed by atoms with Gasteiger partial charge in [0.1, 0.15) is 5.15 Å². The molecular formula is C13H19ClN2. The van der Waals surface area contributed by atoms with Crippen LogP contribution in [-0.4, -0.2) is 9.97 Å². The molecule has 0 aromatic carbocycles. The fraction of sp³-hybridized carbons (Fsp3) is 0.692. The highest BCUT2D eigenvalue weighted by atomic mass is 35.5. The van der Waals surface area contributed by atoms with Crippen molar-refractivity contribution in [2.75, 3.05) is 0 Å². The molecule has 0 amide bonds. The highest BCUT2D eigenvalue weighted by Gasteiger charge is 2.24. The van der Waals surface area contributed by atoms with Gasteiger partial charge in [-0.1, -0.05) is 37.8 Å². The third-order valence-corrected chi connectivity index (χ3v) is 3.84. The fourth-order valence-corrected chi connectivity index (χ4v) is 3.01. The summed E-state index contributed by atoms with van der Waals surface area (Å²) < 4.78 is 0. The van der Waals surface area contributed by atoms with Crippen LogP contribution >= 0.6 is 11.6 Å². The SMILES string of the molecule is CCC(c1cncc(Cl)n1)C1CCCCC1. The molecule has 0 radical (unpaired) electrons. The Morgan fingerprint density at radius 2 is 2.06 bits per heavy atom. The van der Waals surface area contributed by atoms with E-state index in [1.807, 2.05) is 6.20 Å². The van der Waals surface area contributed by atoms with Gasteiger partial charge in [0.25, 0.3) is 0 Å². The van der Waals surface area contributed by atoms with Crippen LogP contribution in [0.2, 0.25) is 5.15 Å². The van der Waals surface area contributed by atoms with Gasteiger partial charge in [0.2, 0.25) is 0 Å². The van der Waals surface area contributed by atoms with E-state index in [-0.39, 0.29) is 0 Å². The van der Waals surface area contributed by atoms with Gasteiger partial charge in [-0.3, -0.25) is 4.98 Å². The second-order valence-corrected chi connectivity index (χ2v) is 5.07. The van der Waals surface area contributed by atoms with Crippen LogP contribution in [0.15, 0.2) is 12.4 Å². The van der Waals surface area contributed by atoms with Gasteiger partial charge < -0.3 is 0 Å². The van der Waals surface area contributed by atoms with Gasteiger partial charge in [0.05, 0.1) is 11.9 Å². The molecule has 88 valence electrons. The van der Waals surface area contributed by atoms with Gasteiger partial charge >= 0.3 is 0 Å². The predicted octanol–water partition coefficient (Wildman–Crippen LogP) is 4.20. The first-order chi connectivity index (χ1) is 7.81. The van der Waals surface area contributed by atoms with Crippen LogP contribution in [-0.2, 0) is 0 Å². The molecule has 0 bridgehead atoms. The first-order valence-corrected chi connectivity index (χ1v) is 6.66. The summed E-state index contributed by atoms with van der Waals surface area (Å²) in [6.45, 7) is 2.24. The van der Waals surface area contributed by atoms with E-state index in [4.69, 9.17) is 11.6 Å². The maximum atomic E-state index is 5.91. The number of halogens is 1. The van der Waals surface area contributed by atoms with Crippen LogP contribution in [0.5, 0.6) is 0 Å². The van der Waals surface area contributed by atoms with Crippen LogP contribution in [0.25, 0.3) is 0 Å². The average molecular weight is 239 g/mol. The first-order valence-electron chi connectivity index (χ1n) is 6.28. The quantitative estimate of drug-likeness (QED) is 0.789. The number of nitrogens with zero attached hydrogens (tertiary/aromatic N) is 2. The van der Waals surface area contributed by atoms with Gasteiger partial charge in [0, 0.05) is 12.1 Å². The molecule has 1 fully saturated rings. The molecule has 2 nitrogen and oxygen atoms in total. The Labute approximate surface area is 102 Å². The van der Waals surface area contributed by atoms with E-state index in [1.54, 1.807) is 6.20 Å². The lowest BCUT2D eigenvalue weighted by Crippen LogP contribution is -2.17. The first kappa shape index (κ1) is 11.8. The van der Waals surface area contributed by atoms with Crippen molar-refractivity contribution in [2.45, 2.75) is 51.4 Å². The molecule has 1 aromatic rings. The van der Waals surface area contributed by atoms with Gasteiger partial charge in [0.15, 0.2) is 0 Å². The van der Waals surface area contributed by atoms with Crippen molar-refractivity contribution < 1.29 is 0 Å². The van der Waals surface area contributed by atoms with E-state index in [1.165, 1.54) is 32.1 Å². The smallest absolute Gasteiger partial charge is 0.147 e. The third-order valence-electron chi connectivity index (χ3n) is 3.66. The van der Waals surface area contributed by atoms with Crippen LogP contribution in [0.1, 0.15) is 57.1 Å². The average Bonchev–Trinajstić information content (AvgIpc) is 2.31. The van der Waals surface area contributed by atoms with Crippen molar-refractivity contribution in [2.24, 2.45) is 5.92 Å². The summed E-state index contributed by atoms with van der Waals surface area (Å²) in [7, 11) is 0. The Hall–Kier alpha value is -0.630.